The number of anilines is 2. The molecule has 0 aliphatic rings. The first-order valence-electron chi connectivity index (χ1n) is 7.68. The summed E-state index contributed by atoms with van der Waals surface area (Å²) in [5.41, 5.74) is -0.567. The molecule has 0 aliphatic carbocycles. The number of rotatable bonds is 6. The first kappa shape index (κ1) is 19.1. The zero-order valence-electron chi connectivity index (χ0n) is 13.5. The second kappa shape index (κ2) is 8.20. The number of unbranched alkanes of at least 4 members (excludes halogenated alkanes) is 1. The predicted molar refractivity (Wildman–Crippen MR) is 92.0 cm³/mol. The number of nitrogens with zero attached hydrogens (tertiary/aromatic N) is 1. The number of alkyl halides is 3. The molecule has 0 radical (unpaired) electrons. The molecule has 134 valence electrons. The summed E-state index contributed by atoms with van der Waals surface area (Å²) in [6.45, 7) is 2.77. The van der Waals surface area contributed by atoms with Crippen molar-refractivity contribution in [1.82, 2.24) is 4.98 Å². The Hall–Kier alpha value is -2.28. The number of halogens is 4. The fourth-order valence-corrected chi connectivity index (χ4v) is 2.30. The fraction of sp³-hybridized carbons (Fsp3) is 0.294. The van der Waals surface area contributed by atoms with E-state index in [-0.39, 0.29) is 16.3 Å². The molecule has 25 heavy (non-hydrogen) atoms. The number of carbonyl (C=O) groups excluding carboxylic acids is 1. The molecule has 2 rings (SSSR count). The third-order valence-electron chi connectivity index (χ3n) is 3.40. The number of amides is 1. The molecular formula is C17H17ClF3N3O. The Kier molecular flexibility index (Phi) is 6.25. The van der Waals surface area contributed by atoms with Gasteiger partial charge < -0.3 is 10.6 Å². The van der Waals surface area contributed by atoms with Gasteiger partial charge in [0.15, 0.2) is 0 Å². The zero-order valence-corrected chi connectivity index (χ0v) is 14.2. The van der Waals surface area contributed by atoms with Gasteiger partial charge in [0.1, 0.15) is 0 Å². The highest BCUT2D eigenvalue weighted by Crippen LogP contribution is 2.36. The van der Waals surface area contributed by atoms with E-state index >= 15 is 0 Å². The summed E-state index contributed by atoms with van der Waals surface area (Å²) < 4.78 is 39.3. The van der Waals surface area contributed by atoms with Crippen LogP contribution in [0.25, 0.3) is 0 Å². The Labute approximate surface area is 148 Å². The van der Waals surface area contributed by atoms with Crippen LogP contribution in [0.2, 0.25) is 5.02 Å². The molecule has 1 aromatic carbocycles. The average molecular weight is 372 g/mol. The molecule has 0 aliphatic heterocycles. The van der Waals surface area contributed by atoms with Crippen LogP contribution in [-0.2, 0) is 6.18 Å². The molecule has 8 heteroatoms. The number of pyridine rings is 1. The highest BCUT2D eigenvalue weighted by Gasteiger charge is 2.34. The smallest absolute Gasteiger partial charge is 0.384 e. The molecular weight excluding hydrogens is 355 g/mol. The zero-order chi connectivity index (χ0) is 18.4. The van der Waals surface area contributed by atoms with Crippen LogP contribution in [0, 0.1) is 0 Å². The minimum absolute atomic E-state index is 0.0610. The van der Waals surface area contributed by atoms with Crippen molar-refractivity contribution in [2.24, 2.45) is 0 Å². The van der Waals surface area contributed by atoms with Crippen LogP contribution < -0.4 is 10.6 Å². The van der Waals surface area contributed by atoms with Crippen LogP contribution in [0.15, 0.2) is 36.7 Å². The molecule has 1 heterocycles. The van der Waals surface area contributed by atoms with Gasteiger partial charge in [-0.05, 0) is 30.7 Å². The Morgan fingerprint density at radius 1 is 1.24 bits per heavy atom. The first-order chi connectivity index (χ1) is 11.8. The molecule has 0 bridgehead atoms. The van der Waals surface area contributed by atoms with Gasteiger partial charge in [-0.15, -0.1) is 0 Å². The molecule has 2 aromatic rings. The molecule has 0 spiro atoms. The van der Waals surface area contributed by atoms with Gasteiger partial charge in [-0.1, -0.05) is 24.9 Å². The molecule has 1 aromatic heterocycles. The van der Waals surface area contributed by atoms with Crippen molar-refractivity contribution in [2.75, 3.05) is 17.2 Å². The number of benzene rings is 1. The summed E-state index contributed by atoms with van der Waals surface area (Å²) >= 11 is 5.63. The maximum Gasteiger partial charge on any atom is 0.418 e. The number of hydrogen-bond acceptors (Lipinski definition) is 3. The van der Waals surface area contributed by atoms with Crippen molar-refractivity contribution in [1.29, 1.82) is 0 Å². The van der Waals surface area contributed by atoms with Crippen molar-refractivity contribution in [3.05, 3.63) is 52.8 Å². The second-order valence-electron chi connectivity index (χ2n) is 5.38. The van der Waals surface area contributed by atoms with Gasteiger partial charge in [0.05, 0.1) is 22.5 Å². The minimum Gasteiger partial charge on any atom is -0.384 e. The lowest BCUT2D eigenvalue weighted by Crippen LogP contribution is -2.17. The SMILES string of the molecule is CCCCNc1cncc(C(=O)Nc2ccc(Cl)cc2C(F)(F)F)c1. The Bertz CT molecular complexity index is 750. The normalized spacial score (nSPS) is 11.2. The van der Waals surface area contributed by atoms with E-state index in [4.69, 9.17) is 11.6 Å². The highest BCUT2D eigenvalue weighted by atomic mass is 35.5. The molecule has 1 amide bonds. The second-order valence-corrected chi connectivity index (χ2v) is 5.82. The van der Waals surface area contributed by atoms with Crippen LogP contribution in [-0.4, -0.2) is 17.4 Å². The van der Waals surface area contributed by atoms with E-state index < -0.39 is 17.6 Å². The molecule has 4 nitrogen and oxygen atoms in total. The van der Waals surface area contributed by atoms with E-state index in [0.29, 0.717) is 5.69 Å². The fourth-order valence-electron chi connectivity index (χ4n) is 2.12. The Morgan fingerprint density at radius 2 is 2.00 bits per heavy atom. The van der Waals surface area contributed by atoms with Crippen LogP contribution in [0.4, 0.5) is 24.5 Å². The highest BCUT2D eigenvalue weighted by molar-refractivity contribution is 6.30. The average Bonchev–Trinajstić information content (AvgIpc) is 2.56. The molecule has 0 unspecified atom stereocenters. The maximum absolute atomic E-state index is 13.1. The molecule has 0 saturated heterocycles. The van der Waals surface area contributed by atoms with Crippen molar-refractivity contribution >= 4 is 28.9 Å². The molecule has 0 fully saturated rings. The summed E-state index contributed by atoms with van der Waals surface area (Å²) in [5, 5.41) is 5.32. The number of hydrogen-bond donors (Lipinski definition) is 2. The Morgan fingerprint density at radius 3 is 2.68 bits per heavy atom. The standard InChI is InChI=1S/C17H17ClF3N3O/c1-2-3-6-23-13-7-11(9-22-10-13)16(25)24-15-5-4-12(18)8-14(15)17(19,20)21/h4-5,7-10,23H,2-3,6H2,1H3,(H,24,25). The largest absolute Gasteiger partial charge is 0.418 e. The number of nitrogens with one attached hydrogen (secondary N) is 2. The number of aromatic nitrogens is 1. The van der Waals surface area contributed by atoms with Crippen LogP contribution in [0.1, 0.15) is 35.7 Å². The van der Waals surface area contributed by atoms with E-state index in [1.807, 2.05) is 6.92 Å². The first-order valence-corrected chi connectivity index (χ1v) is 8.06. The minimum atomic E-state index is -4.63. The van der Waals surface area contributed by atoms with E-state index in [1.54, 1.807) is 12.3 Å². The summed E-state index contributed by atoms with van der Waals surface area (Å²) in [6.07, 6.45) is 0.183. The van der Waals surface area contributed by atoms with E-state index in [1.165, 1.54) is 12.3 Å². The van der Waals surface area contributed by atoms with E-state index in [2.05, 4.69) is 15.6 Å². The van der Waals surface area contributed by atoms with Gasteiger partial charge in [0.25, 0.3) is 5.91 Å². The van der Waals surface area contributed by atoms with Crippen molar-refractivity contribution in [3.8, 4) is 0 Å². The molecule has 0 atom stereocenters. The Balaban J connectivity index is 2.19. The van der Waals surface area contributed by atoms with Crippen molar-refractivity contribution in [3.63, 3.8) is 0 Å². The lowest BCUT2D eigenvalue weighted by atomic mass is 10.1. The summed E-state index contributed by atoms with van der Waals surface area (Å²) in [6, 6.07) is 4.73. The predicted octanol–water partition coefficient (Wildman–Crippen LogP) is 5.22. The maximum atomic E-state index is 13.1. The van der Waals surface area contributed by atoms with Gasteiger partial charge in [0, 0.05) is 24.0 Å². The molecule has 2 N–H and O–H groups in total. The monoisotopic (exact) mass is 371 g/mol. The quantitative estimate of drug-likeness (QED) is 0.684. The van der Waals surface area contributed by atoms with E-state index in [9.17, 15) is 18.0 Å². The van der Waals surface area contributed by atoms with Gasteiger partial charge >= 0.3 is 6.18 Å². The van der Waals surface area contributed by atoms with Gasteiger partial charge in [0.2, 0.25) is 0 Å². The summed E-state index contributed by atoms with van der Waals surface area (Å²) in [4.78, 5) is 16.2. The van der Waals surface area contributed by atoms with E-state index in [0.717, 1.165) is 31.5 Å². The van der Waals surface area contributed by atoms with Crippen molar-refractivity contribution in [2.45, 2.75) is 25.9 Å². The topological polar surface area (TPSA) is 54.0 Å². The lowest BCUT2D eigenvalue weighted by molar-refractivity contribution is -0.136. The summed E-state index contributed by atoms with van der Waals surface area (Å²) in [5.74, 6) is -0.681. The van der Waals surface area contributed by atoms with Crippen molar-refractivity contribution < 1.29 is 18.0 Å². The third kappa shape index (κ3) is 5.35. The van der Waals surface area contributed by atoms with Gasteiger partial charge in [-0.25, -0.2) is 0 Å². The van der Waals surface area contributed by atoms with Crippen LogP contribution in [0.5, 0.6) is 0 Å². The van der Waals surface area contributed by atoms with Gasteiger partial charge in [-0.2, -0.15) is 13.2 Å². The third-order valence-corrected chi connectivity index (χ3v) is 3.63. The van der Waals surface area contributed by atoms with Crippen LogP contribution in [0.3, 0.4) is 0 Å². The molecule has 0 saturated carbocycles. The summed E-state index contributed by atoms with van der Waals surface area (Å²) in [7, 11) is 0. The van der Waals surface area contributed by atoms with Crippen LogP contribution >= 0.6 is 11.6 Å². The van der Waals surface area contributed by atoms with Gasteiger partial charge in [-0.3, -0.25) is 9.78 Å². The lowest BCUT2D eigenvalue weighted by Gasteiger charge is -2.14. The number of carbonyl (C=O) groups is 1.